The summed E-state index contributed by atoms with van der Waals surface area (Å²) in [5.41, 5.74) is 2.24. The summed E-state index contributed by atoms with van der Waals surface area (Å²) in [6, 6.07) is 14.4. The maximum Gasteiger partial charge on any atom is 0.235 e. The number of ether oxygens (including phenoxy) is 1. The van der Waals surface area contributed by atoms with Gasteiger partial charge in [0.1, 0.15) is 5.82 Å². The summed E-state index contributed by atoms with van der Waals surface area (Å²) in [6.07, 6.45) is 3.62. The Bertz CT molecular complexity index is 794. The number of nitrogens with zero attached hydrogens (tertiary/aromatic N) is 1. The lowest BCUT2D eigenvalue weighted by Gasteiger charge is -2.30. The van der Waals surface area contributed by atoms with E-state index in [4.69, 9.17) is 4.74 Å². The summed E-state index contributed by atoms with van der Waals surface area (Å²) >= 11 is 0. The minimum atomic E-state index is -0.567. The summed E-state index contributed by atoms with van der Waals surface area (Å²) < 4.78 is 18.8. The molecule has 0 bridgehead atoms. The first kappa shape index (κ1) is 18.0. The zero-order valence-corrected chi connectivity index (χ0v) is 15.4. The SMILES string of the molecule is O=C(Nc1cccc(N2CCOCC2)c1)C1(c2ccc(F)cc2)CCCC1. The molecule has 0 aromatic heterocycles. The summed E-state index contributed by atoms with van der Waals surface area (Å²) in [5.74, 6) is -0.267. The molecule has 2 aromatic rings. The van der Waals surface area contributed by atoms with Crippen molar-refractivity contribution >= 4 is 17.3 Å². The molecule has 1 aliphatic carbocycles. The van der Waals surface area contributed by atoms with Crippen LogP contribution in [0, 0.1) is 5.82 Å². The van der Waals surface area contributed by atoms with Crippen molar-refractivity contribution in [3.05, 3.63) is 59.9 Å². The maximum absolute atomic E-state index is 13.4. The Morgan fingerprint density at radius 2 is 1.74 bits per heavy atom. The van der Waals surface area contributed by atoms with Crippen LogP contribution >= 0.6 is 0 Å². The first-order valence-corrected chi connectivity index (χ1v) is 9.68. The average molecular weight is 368 g/mol. The standard InChI is InChI=1S/C22H25FN2O2/c23-18-8-6-17(7-9-18)22(10-1-2-11-22)21(26)24-19-4-3-5-20(16-19)25-12-14-27-15-13-25/h3-9,16H,1-2,10-15H2,(H,24,26). The number of amides is 1. The van der Waals surface area contributed by atoms with Crippen LogP contribution in [-0.4, -0.2) is 32.2 Å². The van der Waals surface area contributed by atoms with Gasteiger partial charge in [-0.3, -0.25) is 4.79 Å². The van der Waals surface area contributed by atoms with E-state index in [1.54, 1.807) is 12.1 Å². The minimum absolute atomic E-state index is 0.00531. The predicted molar refractivity (Wildman–Crippen MR) is 105 cm³/mol. The van der Waals surface area contributed by atoms with Crippen LogP contribution in [-0.2, 0) is 14.9 Å². The first-order chi connectivity index (χ1) is 13.2. The zero-order valence-electron chi connectivity index (χ0n) is 15.4. The molecule has 2 fully saturated rings. The number of benzene rings is 2. The van der Waals surface area contributed by atoms with E-state index in [9.17, 15) is 9.18 Å². The molecule has 1 aliphatic heterocycles. The highest BCUT2D eigenvalue weighted by Crippen LogP contribution is 2.42. The molecule has 2 aliphatic rings. The Morgan fingerprint density at radius 1 is 1.04 bits per heavy atom. The smallest absolute Gasteiger partial charge is 0.235 e. The van der Waals surface area contributed by atoms with Gasteiger partial charge in [0.25, 0.3) is 0 Å². The summed E-state index contributed by atoms with van der Waals surface area (Å²) in [6.45, 7) is 3.17. The second kappa shape index (κ2) is 7.69. The van der Waals surface area contributed by atoms with Crippen molar-refractivity contribution in [3.8, 4) is 0 Å². The molecule has 0 spiro atoms. The molecule has 0 atom stereocenters. The van der Waals surface area contributed by atoms with Gasteiger partial charge in [-0.15, -0.1) is 0 Å². The number of nitrogens with one attached hydrogen (secondary N) is 1. The van der Waals surface area contributed by atoms with Gasteiger partial charge >= 0.3 is 0 Å². The fourth-order valence-corrected chi connectivity index (χ4v) is 4.25. The molecule has 1 saturated heterocycles. The average Bonchev–Trinajstić information content (AvgIpc) is 3.21. The molecular weight excluding hydrogens is 343 g/mol. The van der Waals surface area contributed by atoms with E-state index in [0.29, 0.717) is 0 Å². The zero-order chi connectivity index (χ0) is 18.7. The third-order valence-electron chi connectivity index (χ3n) is 5.77. The van der Waals surface area contributed by atoms with Crippen LogP contribution in [0.1, 0.15) is 31.2 Å². The monoisotopic (exact) mass is 368 g/mol. The van der Waals surface area contributed by atoms with E-state index in [1.807, 2.05) is 18.2 Å². The van der Waals surface area contributed by atoms with E-state index in [-0.39, 0.29) is 11.7 Å². The van der Waals surface area contributed by atoms with Gasteiger partial charge in [0, 0.05) is 24.5 Å². The van der Waals surface area contributed by atoms with Gasteiger partial charge in [-0.05, 0) is 48.7 Å². The number of morpholine rings is 1. The molecule has 1 heterocycles. The van der Waals surface area contributed by atoms with Gasteiger partial charge in [0.05, 0.1) is 18.6 Å². The Hall–Kier alpha value is -2.40. The fourth-order valence-electron chi connectivity index (χ4n) is 4.25. The number of hydrogen-bond donors (Lipinski definition) is 1. The Kier molecular flexibility index (Phi) is 5.12. The molecule has 27 heavy (non-hydrogen) atoms. The lowest BCUT2D eigenvalue weighted by Crippen LogP contribution is -2.38. The van der Waals surface area contributed by atoms with E-state index >= 15 is 0 Å². The van der Waals surface area contributed by atoms with Crippen LogP contribution in [0.5, 0.6) is 0 Å². The van der Waals surface area contributed by atoms with E-state index in [0.717, 1.165) is 68.9 Å². The van der Waals surface area contributed by atoms with Gasteiger partial charge in [0.2, 0.25) is 5.91 Å². The molecule has 1 saturated carbocycles. The van der Waals surface area contributed by atoms with Crippen LogP contribution < -0.4 is 10.2 Å². The highest BCUT2D eigenvalue weighted by molar-refractivity contribution is 5.99. The molecule has 4 rings (SSSR count). The van der Waals surface area contributed by atoms with Gasteiger partial charge in [-0.2, -0.15) is 0 Å². The largest absolute Gasteiger partial charge is 0.378 e. The Morgan fingerprint density at radius 3 is 2.44 bits per heavy atom. The van der Waals surface area contributed by atoms with E-state index in [1.165, 1.54) is 12.1 Å². The van der Waals surface area contributed by atoms with Crippen molar-refractivity contribution in [1.82, 2.24) is 0 Å². The number of anilines is 2. The normalized spacial score (nSPS) is 19.1. The molecule has 4 nitrogen and oxygen atoms in total. The second-order valence-electron chi connectivity index (χ2n) is 7.40. The van der Waals surface area contributed by atoms with Gasteiger partial charge in [-0.1, -0.05) is 31.0 Å². The molecule has 0 radical (unpaired) electrons. The van der Waals surface area contributed by atoms with Crippen molar-refractivity contribution < 1.29 is 13.9 Å². The van der Waals surface area contributed by atoms with Crippen LogP contribution in [0.15, 0.2) is 48.5 Å². The summed E-state index contributed by atoms with van der Waals surface area (Å²) in [4.78, 5) is 15.5. The molecule has 1 N–H and O–H groups in total. The predicted octanol–water partition coefficient (Wildman–Crippen LogP) is 4.11. The van der Waals surface area contributed by atoms with E-state index < -0.39 is 5.41 Å². The molecular formula is C22H25FN2O2. The second-order valence-corrected chi connectivity index (χ2v) is 7.40. The highest BCUT2D eigenvalue weighted by Gasteiger charge is 2.42. The lowest BCUT2D eigenvalue weighted by molar-refractivity contribution is -0.121. The van der Waals surface area contributed by atoms with Crippen LogP contribution in [0.2, 0.25) is 0 Å². The van der Waals surface area contributed by atoms with Crippen LogP contribution in [0.3, 0.4) is 0 Å². The lowest BCUT2D eigenvalue weighted by atomic mass is 9.78. The number of halogens is 1. The Balaban J connectivity index is 1.56. The third-order valence-corrected chi connectivity index (χ3v) is 5.77. The van der Waals surface area contributed by atoms with Crippen molar-refractivity contribution in [2.45, 2.75) is 31.1 Å². The molecule has 2 aromatic carbocycles. The van der Waals surface area contributed by atoms with Gasteiger partial charge < -0.3 is 15.0 Å². The highest BCUT2D eigenvalue weighted by atomic mass is 19.1. The Labute approximate surface area is 159 Å². The molecule has 1 amide bonds. The van der Waals surface area contributed by atoms with Crippen LogP contribution in [0.25, 0.3) is 0 Å². The molecule has 5 heteroatoms. The topological polar surface area (TPSA) is 41.6 Å². The third kappa shape index (κ3) is 3.69. The van der Waals surface area contributed by atoms with Gasteiger partial charge in [-0.25, -0.2) is 4.39 Å². The summed E-state index contributed by atoms with van der Waals surface area (Å²) in [5, 5.41) is 3.13. The quantitative estimate of drug-likeness (QED) is 0.883. The minimum Gasteiger partial charge on any atom is -0.378 e. The van der Waals surface area contributed by atoms with Gasteiger partial charge in [0.15, 0.2) is 0 Å². The van der Waals surface area contributed by atoms with E-state index in [2.05, 4.69) is 16.3 Å². The number of carbonyl (C=O) groups excluding carboxylic acids is 1. The number of carbonyl (C=O) groups is 1. The molecule has 0 unspecified atom stereocenters. The molecule has 142 valence electrons. The van der Waals surface area contributed by atoms with Crippen LogP contribution in [0.4, 0.5) is 15.8 Å². The maximum atomic E-state index is 13.4. The number of hydrogen-bond acceptors (Lipinski definition) is 3. The number of rotatable bonds is 4. The van der Waals surface area contributed by atoms with Crippen molar-refractivity contribution in [1.29, 1.82) is 0 Å². The van der Waals surface area contributed by atoms with Crippen molar-refractivity contribution in [3.63, 3.8) is 0 Å². The van der Waals surface area contributed by atoms with Crippen molar-refractivity contribution in [2.24, 2.45) is 0 Å². The first-order valence-electron chi connectivity index (χ1n) is 9.68. The fraction of sp³-hybridized carbons (Fsp3) is 0.409. The van der Waals surface area contributed by atoms with Crippen molar-refractivity contribution in [2.75, 3.05) is 36.5 Å². The summed E-state index contributed by atoms with van der Waals surface area (Å²) in [7, 11) is 0.